The topological polar surface area (TPSA) is 82.4 Å². The number of rotatable bonds is 6. The minimum atomic E-state index is -0.835. The molecule has 0 aromatic heterocycles. The molecule has 37 heavy (non-hydrogen) atoms. The molecule has 2 heterocycles. The predicted octanol–water partition coefficient (Wildman–Crippen LogP) is 5.25. The van der Waals surface area contributed by atoms with E-state index in [1.54, 1.807) is 54.5 Å². The van der Waals surface area contributed by atoms with Gasteiger partial charge in [-0.25, -0.2) is 0 Å². The molecule has 2 aliphatic rings. The second-order valence-electron chi connectivity index (χ2n) is 9.24. The van der Waals surface area contributed by atoms with E-state index in [-0.39, 0.29) is 17.9 Å². The van der Waals surface area contributed by atoms with Crippen molar-refractivity contribution in [2.24, 2.45) is 0 Å². The fraction of sp³-hybridized carbons (Fsp3) is 0.207. The van der Waals surface area contributed by atoms with E-state index in [1.165, 1.54) is 0 Å². The van der Waals surface area contributed by atoms with Gasteiger partial charge in [0.05, 0.1) is 24.3 Å². The molecule has 8 heteroatoms. The van der Waals surface area contributed by atoms with Crippen molar-refractivity contribution in [3.8, 4) is 6.07 Å². The molecule has 0 aliphatic carbocycles. The van der Waals surface area contributed by atoms with Crippen LogP contribution in [0.25, 0.3) is 5.57 Å². The van der Waals surface area contributed by atoms with Crippen LogP contribution in [-0.4, -0.2) is 41.9 Å². The molecule has 186 valence electrons. The number of benzene rings is 3. The number of ether oxygens (including phenoxy) is 1. The molecule has 6 nitrogen and oxygen atoms in total. The van der Waals surface area contributed by atoms with Crippen molar-refractivity contribution in [1.82, 2.24) is 10.2 Å². The summed E-state index contributed by atoms with van der Waals surface area (Å²) in [6.45, 7) is 0.318. The number of hydrogen-bond donors (Lipinski definition) is 1. The van der Waals surface area contributed by atoms with Crippen LogP contribution in [0, 0.1) is 11.3 Å². The van der Waals surface area contributed by atoms with Gasteiger partial charge in [0.2, 0.25) is 0 Å². The van der Waals surface area contributed by atoms with Gasteiger partial charge in [-0.2, -0.15) is 5.26 Å². The molecule has 3 aromatic rings. The zero-order valence-corrected chi connectivity index (χ0v) is 21.5. The fourth-order valence-electron chi connectivity index (χ4n) is 5.42. The van der Waals surface area contributed by atoms with E-state index in [2.05, 4.69) is 11.4 Å². The molecule has 0 saturated carbocycles. The Morgan fingerprint density at radius 3 is 2.41 bits per heavy atom. The fourth-order valence-corrected chi connectivity index (χ4v) is 5.94. The molecular formula is C29H23Cl2N3O3. The maximum Gasteiger partial charge on any atom is 0.258 e. The molecule has 0 radical (unpaired) electrons. The average Bonchev–Trinajstić information content (AvgIpc) is 3.35. The summed E-state index contributed by atoms with van der Waals surface area (Å²) in [6.07, 6.45) is 0.904. The summed E-state index contributed by atoms with van der Waals surface area (Å²) >= 11 is 12.5. The molecule has 0 spiro atoms. The van der Waals surface area contributed by atoms with Crippen LogP contribution >= 0.6 is 23.2 Å². The first-order chi connectivity index (χ1) is 17.8. The van der Waals surface area contributed by atoms with Crippen LogP contribution in [0.3, 0.4) is 0 Å². The van der Waals surface area contributed by atoms with E-state index >= 15 is 0 Å². The molecule has 2 atom stereocenters. The van der Waals surface area contributed by atoms with Gasteiger partial charge in [0.1, 0.15) is 11.3 Å². The van der Waals surface area contributed by atoms with Crippen LogP contribution in [0.4, 0.5) is 0 Å². The van der Waals surface area contributed by atoms with Crippen LogP contribution in [0.15, 0.2) is 78.6 Å². The number of nitrogens with one attached hydrogen (secondary N) is 1. The quantitative estimate of drug-likeness (QED) is 0.470. The van der Waals surface area contributed by atoms with Crippen molar-refractivity contribution >= 4 is 40.6 Å². The number of carbonyl (C=O) groups is 2. The van der Waals surface area contributed by atoms with Gasteiger partial charge in [0, 0.05) is 41.0 Å². The number of nitriles is 1. The first-order valence-electron chi connectivity index (χ1n) is 11.8. The lowest BCUT2D eigenvalue weighted by atomic mass is 9.85. The smallest absolute Gasteiger partial charge is 0.258 e. The third-order valence-electron chi connectivity index (χ3n) is 6.92. The summed E-state index contributed by atoms with van der Waals surface area (Å²) in [4.78, 5) is 28.6. The highest BCUT2D eigenvalue weighted by Gasteiger charge is 2.58. The summed E-state index contributed by atoms with van der Waals surface area (Å²) < 4.78 is 5.97. The monoisotopic (exact) mass is 531 g/mol. The lowest BCUT2D eigenvalue weighted by Crippen LogP contribution is -2.45. The lowest BCUT2D eigenvalue weighted by molar-refractivity contribution is -0.126. The van der Waals surface area contributed by atoms with Crippen LogP contribution < -0.4 is 5.32 Å². The molecule has 2 amide bonds. The molecule has 2 unspecified atom stereocenters. The van der Waals surface area contributed by atoms with E-state index < -0.39 is 5.54 Å². The van der Waals surface area contributed by atoms with Gasteiger partial charge in [0.15, 0.2) is 0 Å². The second kappa shape index (κ2) is 9.93. The van der Waals surface area contributed by atoms with Gasteiger partial charge in [-0.3, -0.25) is 9.59 Å². The van der Waals surface area contributed by atoms with E-state index in [0.29, 0.717) is 57.5 Å². The number of nitrogens with zero attached hydrogens (tertiary/aromatic N) is 2. The molecule has 3 aromatic carbocycles. The second-order valence-corrected chi connectivity index (χ2v) is 10.1. The molecule has 1 N–H and O–H groups in total. The molecule has 1 fully saturated rings. The predicted molar refractivity (Wildman–Crippen MR) is 142 cm³/mol. The molecule has 1 saturated heterocycles. The number of amides is 2. The van der Waals surface area contributed by atoms with Crippen molar-refractivity contribution in [2.45, 2.75) is 24.4 Å². The highest BCUT2D eigenvalue weighted by atomic mass is 35.5. The van der Waals surface area contributed by atoms with Crippen molar-refractivity contribution in [2.75, 3.05) is 13.7 Å². The molecule has 5 rings (SSSR count). The average molecular weight is 532 g/mol. The van der Waals surface area contributed by atoms with Gasteiger partial charge in [0.25, 0.3) is 11.8 Å². The third-order valence-corrected chi connectivity index (χ3v) is 7.36. The first-order valence-corrected chi connectivity index (χ1v) is 12.5. The van der Waals surface area contributed by atoms with Crippen molar-refractivity contribution in [1.29, 1.82) is 5.26 Å². The summed E-state index contributed by atoms with van der Waals surface area (Å²) in [5.41, 5.74) is 2.20. The Kier molecular flexibility index (Phi) is 6.68. The Labute approximate surface area is 225 Å². The minimum Gasteiger partial charge on any atom is -0.498 e. The molecule has 0 bridgehead atoms. The number of halogens is 2. The minimum absolute atomic E-state index is 0.197. The van der Waals surface area contributed by atoms with E-state index in [4.69, 9.17) is 27.9 Å². The van der Waals surface area contributed by atoms with E-state index in [0.717, 1.165) is 5.56 Å². The standard InChI is InChI=1S/C29H23Cl2N3O3/c1-37-26-25(21-11-22(30)13-23(31)12-21)28(36)34-17-24(33-27(35)20-5-3-2-4-6-20)15-29(26,34)14-18-7-9-19(16-32)10-8-18/h2-13,24H,14-15,17H2,1H3,(H,33,35). The Balaban J connectivity index is 1.57. The van der Waals surface area contributed by atoms with E-state index in [1.807, 2.05) is 30.3 Å². The van der Waals surface area contributed by atoms with E-state index in [9.17, 15) is 14.9 Å². The van der Waals surface area contributed by atoms with Crippen LogP contribution in [0.1, 0.15) is 33.5 Å². The van der Waals surface area contributed by atoms with Crippen LogP contribution in [0.2, 0.25) is 10.0 Å². The van der Waals surface area contributed by atoms with Crippen molar-refractivity contribution < 1.29 is 14.3 Å². The molecule has 2 aliphatic heterocycles. The third kappa shape index (κ3) is 4.57. The highest BCUT2D eigenvalue weighted by Crippen LogP contribution is 2.49. The number of carbonyl (C=O) groups excluding carboxylic acids is 2. The summed E-state index contributed by atoms with van der Waals surface area (Å²) in [6, 6.07) is 23.1. The maximum absolute atomic E-state index is 13.9. The van der Waals surface area contributed by atoms with Gasteiger partial charge in [-0.05, 0) is 53.6 Å². The van der Waals surface area contributed by atoms with Crippen LogP contribution in [0.5, 0.6) is 0 Å². The van der Waals surface area contributed by atoms with Crippen LogP contribution in [-0.2, 0) is 16.0 Å². The van der Waals surface area contributed by atoms with Crippen molar-refractivity contribution in [3.05, 3.63) is 111 Å². The maximum atomic E-state index is 13.9. The SMILES string of the molecule is COC1=C(c2cc(Cl)cc(Cl)c2)C(=O)N2CC(NC(=O)c3ccccc3)CC12Cc1ccc(C#N)cc1. The summed E-state index contributed by atoms with van der Waals surface area (Å²) in [7, 11) is 1.55. The number of methoxy groups -OCH3 is 1. The largest absolute Gasteiger partial charge is 0.498 e. The summed E-state index contributed by atoms with van der Waals surface area (Å²) in [5.74, 6) is 0.106. The van der Waals surface area contributed by atoms with Gasteiger partial charge in [-0.15, -0.1) is 0 Å². The zero-order chi connectivity index (χ0) is 26.2. The highest BCUT2D eigenvalue weighted by molar-refractivity contribution is 6.35. The van der Waals surface area contributed by atoms with Gasteiger partial charge < -0.3 is 15.0 Å². The molecular weight excluding hydrogens is 509 g/mol. The Bertz CT molecular complexity index is 1430. The van der Waals surface area contributed by atoms with Crippen molar-refractivity contribution in [3.63, 3.8) is 0 Å². The lowest BCUT2D eigenvalue weighted by Gasteiger charge is -2.34. The Hall–Kier alpha value is -3.79. The van der Waals surface area contributed by atoms with Gasteiger partial charge in [-0.1, -0.05) is 53.5 Å². The summed E-state index contributed by atoms with van der Waals surface area (Å²) in [5, 5.41) is 13.1. The van der Waals surface area contributed by atoms with Gasteiger partial charge >= 0.3 is 0 Å². The zero-order valence-electron chi connectivity index (χ0n) is 20.0. The normalized spacial score (nSPS) is 20.5. The number of fused-ring (bicyclic) bond motifs is 1. The Morgan fingerprint density at radius 1 is 1.11 bits per heavy atom. The number of hydrogen-bond acceptors (Lipinski definition) is 4. The Morgan fingerprint density at radius 2 is 1.78 bits per heavy atom. The first kappa shape index (κ1) is 24.9.